The zero-order valence-electron chi connectivity index (χ0n) is 14.3. The van der Waals surface area contributed by atoms with Crippen LogP contribution in [0, 0.1) is 11.3 Å². The Labute approximate surface area is 136 Å². The van der Waals surface area contributed by atoms with Gasteiger partial charge in [0.15, 0.2) is 9.84 Å². The van der Waals surface area contributed by atoms with Crippen molar-refractivity contribution in [1.29, 1.82) is 0 Å². The van der Waals surface area contributed by atoms with Crippen LogP contribution in [0.5, 0.6) is 0 Å². The van der Waals surface area contributed by atoms with E-state index in [1.807, 2.05) is 0 Å². The Balaban J connectivity index is 1.39. The van der Waals surface area contributed by atoms with Gasteiger partial charge in [0.05, 0.1) is 11.0 Å². The van der Waals surface area contributed by atoms with Gasteiger partial charge in [-0.2, -0.15) is 0 Å². The maximum atomic E-state index is 11.9. The average Bonchev–Trinajstić information content (AvgIpc) is 3.26. The molecule has 1 saturated carbocycles. The van der Waals surface area contributed by atoms with E-state index in [1.165, 1.54) is 25.8 Å². The number of hydrogen-bond acceptors (Lipinski definition) is 4. The molecule has 0 aromatic carbocycles. The predicted octanol–water partition coefficient (Wildman–Crippen LogP) is 2.01. The van der Waals surface area contributed by atoms with Crippen molar-refractivity contribution in [2.75, 3.05) is 45.0 Å². The first-order chi connectivity index (χ1) is 10.4. The van der Waals surface area contributed by atoms with Gasteiger partial charge in [-0.15, -0.1) is 0 Å². The lowest BCUT2D eigenvalue weighted by molar-refractivity contribution is 0.115. The molecule has 4 nitrogen and oxygen atoms in total. The zero-order chi connectivity index (χ0) is 15.8. The molecule has 1 aliphatic carbocycles. The molecule has 0 spiro atoms. The molecule has 3 fully saturated rings. The molecule has 1 unspecified atom stereocenters. The van der Waals surface area contributed by atoms with Crippen molar-refractivity contribution < 1.29 is 8.42 Å². The Kier molecular flexibility index (Phi) is 4.87. The number of hydrogen-bond donors (Lipinski definition) is 0. The molecular weight excluding hydrogens is 296 g/mol. The second kappa shape index (κ2) is 6.40. The highest BCUT2D eigenvalue weighted by atomic mass is 32.2. The first-order valence-electron chi connectivity index (χ1n) is 9.03. The second-order valence-electron chi connectivity index (χ2n) is 8.29. The summed E-state index contributed by atoms with van der Waals surface area (Å²) in [7, 11) is -2.79. The van der Waals surface area contributed by atoms with E-state index in [-0.39, 0.29) is 5.25 Å². The van der Waals surface area contributed by atoms with Crippen LogP contribution in [0.15, 0.2) is 0 Å². The summed E-state index contributed by atoms with van der Waals surface area (Å²) in [5, 5.41) is -0.0900. The minimum atomic E-state index is -2.79. The van der Waals surface area contributed by atoms with Gasteiger partial charge in [0.1, 0.15) is 0 Å². The van der Waals surface area contributed by atoms with E-state index < -0.39 is 9.84 Å². The summed E-state index contributed by atoms with van der Waals surface area (Å²) in [5.74, 6) is 1.37. The Morgan fingerprint density at radius 1 is 1.00 bits per heavy atom. The molecule has 2 aliphatic heterocycles. The number of piperazine rings is 1. The van der Waals surface area contributed by atoms with Crippen molar-refractivity contribution in [2.24, 2.45) is 11.3 Å². The molecule has 0 bridgehead atoms. The lowest BCUT2D eigenvalue weighted by Crippen LogP contribution is -2.49. The first kappa shape index (κ1) is 16.7. The van der Waals surface area contributed by atoms with Crippen molar-refractivity contribution >= 4 is 9.84 Å². The van der Waals surface area contributed by atoms with E-state index in [0.717, 1.165) is 51.5 Å². The minimum absolute atomic E-state index is 0.0900. The molecule has 0 aromatic heterocycles. The minimum Gasteiger partial charge on any atom is -0.301 e. The Bertz CT molecular complexity index is 477. The van der Waals surface area contributed by atoms with Crippen LogP contribution in [0.3, 0.4) is 0 Å². The zero-order valence-corrected chi connectivity index (χ0v) is 15.1. The van der Waals surface area contributed by atoms with Crippen molar-refractivity contribution in [3.8, 4) is 0 Å². The van der Waals surface area contributed by atoms with Gasteiger partial charge >= 0.3 is 0 Å². The highest BCUT2D eigenvalue weighted by Gasteiger charge is 2.38. The van der Waals surface area contributed by atoms with Crippen LogP contribution in [-0.4, -0.2) is 68.5 Å². The topological polar surface area (TPSA) is 40.6 Å². The van der Waals surface area contributed by atoms with Gasteiger partial charge < -0.3 is 4.90 Å². The molecule has 0 aromatic rings. The fourth-order valence-corrected chi connectivity index (χ4v) is 5.93. The van der Waals surface area contributed by atoms with Crippen LogP contribution in [0.4, 0.5) is 0 Å². The normalized spacial score (nSPS) is 30.7. The molecule has 3 aliphatic rings. The van der Waals surface area contributed by atoms with E-state index in [2.05, 4.69) is 23.6 Å². The lowest BCUT2D eigenvalue weighted by Gasteiger charge is -2.37. The maximum Gasteiger partial charge on any atom is 0.154 e. The summed E-state index contributed by atoms with van der Waals surface area (Å²) in [6.45, 7) is 11.1. The van der Waals surface area contributed by atoms with Crippen LogP contribution >= 0.6 is 0 Å². The Hall–Kier alpha value is -0.130. The fourth-order valence-electron chi connectivity index (χ4n) is 4.06. The van der Waals surface area contributed by atoms with Gasteiger partial charge in [0, 0.05) is 32.7 Å². The molecular formula is C17H32N2O2S. The van der Waals surface area contributed by atoms with Crippen molar-refractivity contribution in [3.63, 3.8) is 0 Å². The van der Waals surface area contributed by atoms with E-state index in [0.29, 0.717) is 11.2 Å². The molecule has 5 heteroatoms. The molecule has 3 rings (SSSR count). The van der Waals surface area contributed by atoms with Gasteiger partial charge in [0.2, 0.25) is 0 Å². The smallest absolute Gasteiger partial charge is 0.154 e. The van der Waals surface area contributed by atoms with Crippen molar-refractivity contribution in [1.82, 2.24) is 9.80 Å². The van der Waals surface area contributed by atoms with Crippen molar-refractivity contribution in [2.45, 2.75) is 51.2 Å². The van der Waals surface area contributed by atoms with Crippen molar-refractivity contribution in [3.05, 3.63) is 0 Å². The molecule has 0 N–H and O–H groups in total. The van der Waals surface area contributed by atoms with Gasteiger partial charge in [-0.05, 0) is 50.0 Å². The Morgan fingerprint density at radius 3 is 2.18 bits per heavy atom. The standard InChI is InChI=1S/C17H32N2O2S/c1-17(2,15-5-6-15)7-8-18-9-11-19(12-10-18)14-16-4-3-13-22(16,20)21/h15-16H,3-14H2,1-2H3. The summed E-state index contributed by atoms with van der Waals surface area (Å²) in [6, 6.07) is 0. The summed E-state index contributed by atoms with van der Waals surface area (Å²) in [4.78, 5) is 4.94. The van der Waals surface area contributed by atoms with Crippen LogP contribution in [-0.2, 0) is 9.84 Å². The fraction of sp³-hybridized carbons (Fsp3) is 1.00. The van der Waals surface area contributed by atoms with Crippen LogP contribution < -0.4 is 0 Å². The summed E-state index contributed by atoms with van der Waals surface area (Å²) >= 11 is 0. The van der Waals surface area contributed by atoms with E-state index in [9.17, 15) is 8.42 Å². The lowest BCUT2D eigenvalue weighted by atomic mass is 9.83. The molecule has 2 heterocycles. The predicted molar refractivity (Wildman–Crippen MR) is 90.8 cm³/mol. The third-order valence-electron chi connectivity index (χ3n) is 6.14. The highest BCUT2D eigenvalue weighted by molar-refractivity contribution is 7.92. The van der Waals surface area contributed by atoms with Gasteiger partial charge in [0.25, 0.3) is 0 Å². The molecule has 0 amide bonds. The van der Waals surface area contributed by atoms with Gasteiger partial charge in [-0.1, -0.05) is 13.8 Å². The SMILES string of the molecule is CC(C)(CCN1CCN(CC2CCCS2(=O)=O)CC1)C1CC1. The van der Waals surface area contributed by atoms with Gasteiger partial charge in [-0.3, -0.25) is 4.90 Å². The Morgan fingerprint density at radius 2 is 1.64 bits per heavy atom. The van der Waals surface area contributed by atoms with Crippen LogP contribution in [0.2, 0.25) is 0 Å². The summed E-state index contributed by atoms with van der Waals surface area (Å²) in [5.41, 5.74) is 0.509. The number of sulfone groups is 1. The van der Waals surface area contributed by atoms with Crippen LogP contribution in [0.1, 0.15) is 46.0 Å². The van der Waals surface area contributed by atoms with E-state index >= 15 is 0 Å². The first-order valence-corrected chi connectivity index (χ1v) is 10.7. The summed E-state index contributed by atoms with van der Waals surface area (Å²) in [6.07, 6.45) is 5.89. The molecule has 1 atom stereocenters. The maximum absolute atomic E-state index is 11.9. The largest absolute Gasteiger partial charge is 0.301 e. The third kappa shape index (κ3) is 4.04. The molecule has 22 heavy (non-hydrogen) atoms. The third-order valence-corrected chi connectivity index (χ3v) is 8.40. The quantitative estimate of drug-likeness (QED) is 0.748. The highest BCUT2D eigenvalue weighted by Crippen LogP contribution is 2.47. The molecule has 0 radical (unpaired) electrons. The number of nitrogens with zero attached hydrogens (tertiary/aromatic N) is 2. The summed E-state index contributed by atoms with van der Waals surface area (Å²) < 4.78 is 23.9. The van der Waals surface area contributed by atoms with E-state index in [4.69, 9.17) is 0 Å². The van der Waals surface area contributed by atoms with E-state index in [1.54, 1.807) is 0 Å². The average molecular weight is 329 g/mol. The van der Waals surface area contributed by atoms with Gasteiger partial charge in [-0.25, -0.2) is 8.42 Å². The monoisotopic (exact) mass is 328 g/mol. The molecule has 2 saturated heterocycles. The van der Waals surface area contributed by atoms with Crippen LogP contribution in [0.25, 0.3) is 0 Å². The second-order valence-corrected chi connectivity index (χ2v) is 10.7. The molecule has 128 valence electrons. The number of rotatable bonds is 6.